The number of nitrogens with zero attached hydrogens (tertiary/aromatic N) is 2. The first-order chi connectivity index (χ1) is 16.7. The van der Waals surface area contributed by atoms with Gasteiger partial charge in [-0.25, -0.2) is 4.99 Å². The Morgan fingerprint density at radius 2 is 1.80 bits per heavy atom. The number of halogens is 4. The molecule has 0 aromatic heterocycles. The first kappa shape index (κ1) is 25.7. The van der Waals surface area contributed by atoms with E-state index in [1.807, 2.05) is 12.1 Å². The molecule has 1 fully saturated rings. The maximum absolute atomic E-state index is 12.5. The number of nitrogens with one attached hydrogen (secondary N) is 1. The third kappa shape index (κ3) is 6.25. The van der Waals surface area contributed by atoms with Crippen LogP contribution in [0.1, 0.15) is 11.1 Å². The molecule has 4 rings (SSSR count). The number of rotatable bonds is 6. The van der Waals surface area contributed by atoms with Crippen molar-refractivity contribution in [3.8, 4) is 5.75 Å². The van der Waals surface area contributed by atoms with E-state index in [9.17, 15) is 14.9 Å². The van der Waals surface area contributed by atoms with Crippen molar-refractivity contribution < 1.29 is 14.5 Å². The lowest BCUT2D eigenvalue weighted by Gasteiger charge is -2.11. The number of nitro benzene ring substituents is 1. The van der Waals surface area contributed by atoms with Crippen LogP contribution in [0, 0.1) is 10.1 Å². The molecule has 1 saturated heterocycles. The Morgan fingerprint density at radius 3 is 2.46 bits per heavy atom. The van der Waals surface area contributed by atoms with E-state index in [0.29, 0.717) is 40.5 Å². The Labute approximate surface area is 231 Å². The Bertz CT molecular complexity index is 1380. The van der Waals surface area contributed by atoms with Gasteiger partial charge in [-0.05, 0) is 97.2 Å². The predicted octanol–water partition coefficient (Wildman–Crippen LogP) is 7.90. The van der Waals surface area contributed by atoms with Crippen LogP contribution >= 0.6 is 66.8 Å². The first-order valence-electron chi connectivity index (χ1n) is 9.80. The smallest absolute Gasteiger partial charge is 0.269 e. The van der Waals surface area contributed by atoms with E-state index in [0.717, 1.165) is 11.1 Å². The molecule has 3 aromatic rings. The van der Waals surface area contributed by atoms with Gasteiger partial charge in [0.05, 0.1) is 34.5 Å². The Hall–Kier alpha value is -2.37. The van der Waals surface area contributed by atoms with Crippen molar-refractivity contribution in [1.82, 2.24) is 5.32 Å². The average Bonchev–Trinajstić information content (AvgIpc) is 3.15. The molecule has 0 unspecified atom stereocenters. The van der Waals surface area contributed by atoms with E-state index in [2.05, 4.69) is 42.2 Å². The molecule has 7 nitrogen and oxygen atoms in total. The molecule has 0 spiro atoms. The first-order valence-corrected chi connectivity index (χ1v) is 13.0. The maximum atomic E-state index is 12.5. The van der Waals surface area contributed by atoms with Crippen LogP contribution < -0.4 is 10.1 Å². The number of amides is 1. The minimum atomic E-state index is -0.449. The second-order valence-electron chi connectivity index (χ2n) is 7.08. The summed E-state index contributed by atoms with van der Waals surface area (Å²) in [5, 5.41) is 14.6. The zero-order chi connectivity index (χ0) is 25.1. The molecule has 0 aliphatic carbocycles. The van der Waals surface area contributed by atoms with E-state index in [4.69, 9.17) is 27.9 Å². The van der Waals surface area contributed by atoms with Gasteiger partial charge >= 0.3 is 0 Å². The van der Waals surface area contributed by atoms with Gasteiger partial charge in [-0.1, -0.05) is 29.3 Å². The minimum absolute atomic E-state index is 0.0196. The lowest BCUT2D eigenvalue weighted by Crippen LogP contribution is -2.19. The Morgan fingerprint density at radius 1 is 1.11 bits per heavy atom. The number of aliphatic imine (C=N–C) groups is 1. The summed E-state index contributed by atoms with van der Waals surface area (Å²) in [6.45, 7) is 0.222. The fourth-order valence-electron chi connectivity index (χ4n) is 2.99. The summed E-state index contributed by atoms with van der Waals surface area (Å²) in [6.07, 6.45) is 1.73. The summed E-state index contributed by atoms with van der Waals surface area (Å²) < 4.78 is 7.23. The summed E-state index contributed by atoms with van der Waals surface area (Å²) >= 11 is 20.4. The van der Waals surface area contributed by atoms with Crippen molar-refractivity contribution in [2.75, 3.05) is 0 Å². The van der Waals surface area contributed by atoms with Gasteiger partial charge in [-0.3, -0.25) is 14.9 Å². The van der Waals surface area contributed by atoms with Crippen LogP contribution in [-0.4, -0.2) is 16.0 Å². The van der Waals surface area contributed by atoms with Crippen LogP contribution in [0.2, 0.25) is 10.0 Å². The van der Waals surface area contributed by atoms with Gasteiger partial charge in [-0.2, -0.15) is 0 Å². The monoisotopic (exact) mass is 655 g/mol. The fraction of sp³-hybridized carbons (Fsp3) is 0.0435. The van der Waals surface area contributed by atoms with Crippen molar-refractivity contribution in [3.05, 3.63) is 99.7 Å². The molecule has 1 aliphatic heterocycles. The molecular weight excluding hydrogens is 645 g/mol. The van der Waals surface area contributed by atoms with E-state index < -0.39 is 4.92 Å². The van der Waals surface area contributed by atoms with E-state index in [-0.39, 0.29) is 18.2 Å². The second kappa shape index (κ2) is 11.1. The minimum Gasteiger partial charge on any atom is -0.487 e. The molecular formula is C23H13Br2Cl2N3O4S. The summed E-state index contributed by atoms with van der Waals surface area (Å²) in [5.41, 5.74) is 2.02. The Balaban J connectivity index is 1.49. The van der Waals surface area contributed by atoms with Crippen molar-refractivity contribution in [1.29, 1.82) is 0 Å². The molecule has 0 radical (unpaired) electrons. The number of benzene rings is 3. The number of nitro groups is 1. The van der Waals surface area contributed by atoms with Crippen molar-refractivity contribution in [3.63, 3.8) is 0 Å². The zero-order valence-electron chi connectivity index (χ0n) is 17.4. The van der Waals surface area contributed by atoms with Gasteiger partial charge in [-0.15, -0.1) is 0 Å². The average molecular weight is 658 g/mol. The largest absolute Gasteiger partial charge is 0.487 e. The normalized spacial score (nSPS) is 15.5. The van der Waals surface area contributed by atoms with Crippen molar-refractivity contribution in [2.24, 2.45) is 4.99 Å². The van der Waals surface area contributed by atoms with Crippen LogP contribution in [0.3, 0.4) is 0 Å². The summed E-state index contributed by atoms with van der Waals surface area (Å²) in [4.78, 5) is 27.7. The molecule has 0 bridgehead atoms. The molecule has 178 valence electrons. The number of hydrogen-bond acceptors (Lipinski definition) is 6. The topological polar surface area (TPSA) is 93.8 Å². The second-order valence-corrected chi connectivity index (χ2v) is 10.6. The highest BCUT2D eigenvalue weighted by molar-refractivity contribution is 9.11. The van der Waals surface area contributed by atoms with E-state index in [1.54, 1.807) is 36.4 Å². The summed E-state index contributed by atoms with van der Waals surface area (Å²) in [7, 11) is 0. The molecule has 35 heavy (non-hydrogen) atoms. The van der Waals surface area contributed by atoms with Crippen LogP contribution in [0.4, 0.5) is 11.4 Å². The van der Waals surface area contributed by atoms with Gasteiger partial charge in [0.1, 0.15) is 12.4 Å². The number of amidine groups is 1. The molecule has 3 aromatic carbocycles. The number of hydrogen-bond donors (Lipinski definition) is 1. The summed E-state index contributed by atoms with van der Waals surface area (Å²) in [6, 6.07) is 14.9. The lowest BCUT2D eigenvalue weighted by atomic mass is 10.2. The van der Waals surface area contributed by atoms with Gasteiger partial charge in [0.15, 0.2) is 5.17 Å². The molecule has 0 saturated carbocycles. The third-order valence-corrected chi connectivity index (χ3v) is 7.55. The van der Waals surface area contributed by atoms with E-state index >= 15 is 0 Å². The third-order valence-electron chi connectivity index (χ3n) is 4.65. The van der Waals surface area contributed by atoms with E-state index in [1.165, 1.54) is 23.9 Å². The molecule has 1 heterocycles. The highest BCUT2D eigenvalue weighted by atomic mass is 79.9. The lowest BCUT2D eigenvalue weighted by molar-refractivity contribution is -0.384. The molecule has 12 heteroatoms. The van der Waals surface area contributed by atoms with Crippen LogP contribution in [-0.2, 0) is 11.4 Å². The van der Waals surface area contributed by atoms with Gasteiger partial charge in [0, 0.05) is 12.1 Å². The van der Waals surface area contributed by atoms with Gasteiger partial charge in [0.25, 0.3) is 11.6 Å². The number of ether oxygens (including phenoxy) is 1. The molecule has 1 amide bonds. The zero-order valence-corrected chi connectivity index (χ0v) is 22.9. The molecule has 1 aliphatic rings. The fourth-order valence-corrected chi connectivity index (χ4v) is 5.61. The molecule has 1 N–H and O–H groups in total. The number of carbonyl (C=O) groups excluding carboxylic acids is 1. The molecule has 0 atom stereocenters. The maximum Gasteiger partial charge on any atom is 0.269 e. The number of carbonyl (C=O) groups is 1. The predicted molar refractivity (Wildman–Crippen MR) is 147 cm³/mol. The number of thioether (sulfide) groups is 1. The van der Waals surface area contributed by atoms with Gasteiger partial charge in [0.2, 0.25) is 0 Å². The standard InChI is InChI=1S/C23H13Br2Cl2N3O4S/c24-15-8-13(9-16(25)21(15)34-11-12-4-6-14(7-5-12)30(32)33)10-19-22(31)29-23(35-19)28-18-3-1-2-17(26)20(18)27/h1-10H,11H2,(H,28,29,31)/b19-10-. The highest BCUT2D eigenvalue weighted by Gasteiger charge is 2.24. The van der Waals surface area contributed by atoms with Gasteiger partial charge < -0.3 is 10.1 Å². The Kier molecular flexibility index (Phi) is 8.18. The van der Waals surface area contributed by atoms with Crippen LogP contribution in [0.15, 0.2) is 73.4 Å². The van der Waals surface area contributed by atoms with Crippen LogP contribution in [0.5, 0.6) is 5.75 Å². The highest BCUT2D eigenvalue weighted by Crippen LogP contribution is 2.38. The summed E-state index contributed by atoms with van der Waals surface area (Å²) in [5.74, 6) is 0.282. The van der Waals surface area contributed by atoms with Crippen molar-refractivity contribution in [2.45, 2.75) is 6.61 Å². The van der Waals surface area contributed by atoms with Crippen molar-refractivity contribution >= 4 is 95.3 Å². The SMILES string of the molecule is O=C1NC(=Nc2cccc(Cl)c2Cl)S/C1=C\c1cc(Br)c(OCc2ccc([N+](=O)[O-])cc2)c(Br)c1. The van der Waals surface area contributed by atoms with Crippen LogP contribution in [0.25, 0.3) is 6.08 Å². The number of non-ortho nitro benzene ring substituents is 1. The quantitative estimate of drug-likeness (QED) is 0.165.